The van der Waals surface area contributed by atoms with E-state index in [1.165, 1.54) is 70.3 Å². The molecule has 1 saturated carbocycles. The predicted molar refractivity (Wildman–Crippen MR) is 98.5 cm³/mol. The highest BCUT2D eigenvalue weighted by atomic mass is 16.4. The topological polar surface area (TPSA) is 37.3 Å². The van der Waals surface area contributed by atoms with Crippen molar-refractivity contribution in [2.75, 3.05) is 0 Å². The summed E-state index contributed by atoms with van der Waals surface area (Å²) in [5, 5.41) is 8.52. The molecule has 0 amide bonds. The molecule has 0 bridgehead atoms. The molecule has 0 aromatic carbocycles. The lowest BCUT2D eigenvalue weighted by molar-refractivity contribution is -0.131. The number of hydrogen-bond acceptors (Lipinski definition) is 1. The van der Waals surface area contributed by atoms with Crippen LogP contribution in [0.4, 0.5) is 0 Å². The highest BCUT2D eigenvalue weighted by Gasteiger charge is 2.25. The van der Waals surface area contributed by atoms with E-state index in [0.29, 0.717) is 0 Å². The van der Waals surface area contributed by atoms with Crippen LogP contribution in [-0.4, -0.2) is 11.1 Å². The fourth-order valence-electron chi connectivity index (χ4n) is 3.81. The quantitative estimate of drug-likeness (QED) is 0.257. The second kappa shape index (κ2) is 12.4. The standard InChI is InChI=1S/C21H36O2/c1-18(2)12-7-3-4-8-13-19-15-11-16-20(19)14-9-5-6-10-17-21(22)23/h5-6,10,17-20H,3-4,7-9,11-16H2,1-2H3,(H,22,23)/b6-5?,17-10+/t19-,20-/m0/s1. The fraction of sp³-hybridized carbons (Fsp3) is 0.762. The molecule has 0 aromatic heterocycles. The minimum atomic E-state index is -0.876. The van der Waals surface area contributed by atoms with Gasteiger partial charge in [0.15, 0.2) is 0 Å². The minimum absolute atomic E-state index is 0.854. The lowest BCUT2D eigenvalue weighted by Crippen LogP contribution is -2.07. The van der Waals surface area contributed by atoms with Crippen LogP contribution in [-0.2, 0) is 4.79 Å². The molecule has 1 fully saturated rings. The molecule has 0 aromatic rings. The maximum Gasteiger partial charge on any atom is 0.328 e. The summed E-state index contributed by atoms with van der Waals surface area (Å²) in [6.07, 6.45) is 21.8. The molecule has 2 atom stereocenters. The van der Waals surface area contributed by atoms with Crippen molar-refractivity contribution in [1.82, 2.24) is 0 Å². The van der Waals surface area contributed by atoms with Crippen LogP contribution < -0.4 is 0 Å². The highest BCUT2D eigenvalue weighted by molar-refractivity contribution is 5.80. The van der Waals surface area contributed by atoms with Gasteiger partial charge < -0.3 is 5.11 Å². The Labute approximate surface area is 143 Å². The third kappa shape index (κ3) is 10.4. The van der Waals surface area contributed by atoms with Gasteiger partial charge in [-0.2, -0.15) is 0 Å². The third-order valence-corrected chi connectivity index (χ3v) is 5.11. The number of rotatable bonds is 12. The Bertz CT molecular complexity index is 368. The van der Waals surface area contributed by atoms with E-state index in [9.17, 15) is 4.79 Å². The van der Waals surface area contributed by atoms with Gasteiger partial charge in [-0.05, 0) is 30.6 Å². The van der Waals surface area contributed by atoms with E-state index < -0.39 is 5.97 Å². The summed E-state index contributed by atoms with van der Waals surface area (Å²) in [7, 11) is 0. The summed E-state index contributed by atoms with van der Waals surface area (Å²) in [6.45, 7) is 4.63. The van der Waals surface area contributed by atoms with Crippen molar-refractivity contribution in [3.8, 4) is 0 Å². The zero-order valence-electron chi connectivity index (χ0n) is 15.2. The number of carboxylic acid groups (broad SMARTS) is 1. The smallest absolute Gasteiger partial charge is 0.328 e. The molecule has 0 unspecified atom stereocenters. The molecule has 0 radical (unpaired) electrons. The van der Waals surface area contributed by atoms with E-state index in [1.54, 1.807) is 6.08 Å². The third-order valence-electron chi connectivity index (χ3n) is 5.11. The van der Waals surface area contributed by atoms with Gasteiger partial charge in [-0.1, -0.05) is 89.9 Å². The normalized spacial score (nSPS) is 21.9. The van der Waals surface area contributed by atoms with E-state index >= 15 is 0 Å². The molecular formula is C21H36O2. The number of hydrogen-bond donors (Lipinski definition) is 1. The number of carboxylic acids is 1. The average Bonchev–Trinajstić information content (AvgIpc) is 2.93. The Kier molecular flexibility index (Phi) is 10.8. The Balaban J connectivity index is 2.10. The zero-order chi connectivity index (χ0) is 16.9. The Morgan fingerprint density at radius 3 is 2.43 bits per heavy atom. The van der Waals surface area contributed by atoms with Gasteiger partial charge in [0.25, 0.3) is 0 Å². The molecule has 2 heteroatoms. The maximum atomic E-state index is 10.4. The number of allylic oxidation sites excluding steroid dienone is 3. The van der Waals surface area contributed by atoms with Gasteiger partial charge in [-0.25, -0.2) is 4.79 Å². The fourth-order valence-corrected chi connectivity index (χ4v) is 3.81. The van der Waals surface area contributed by atoms with Gasteiger partial charge in [0, 0.05) is 6.08 Å². The Morgan fingerprint density at radius 2 is 1.74 bits per heavy atom. The molecule has 132 valence electrons. The van der Waals surface area contributed by atoms with Crippen LogP contribution in [0.5, 0.6) is 0 Å². The first-order valence-corrected chi connectivity index (χ1v) is 9.65. The number of unbranched alkanes of at least 4 members (excludes halogenated alkanes) is 3. The monoisotopic (exact) mass is 320 g/mol. The maximum absolute atomic E-state index is 10.4. The molecule has 0 saturated heterocycles. The van der Waals surface area contributed by atoms with Gasteiger partial charge in [0.05, 0.1) is 0 Å². The van der Waals surface area contributed by atoms with Gasteiger partial charge in [0.2, 0.25) is 0 Å². The van der Waals surface area contributed by atoms with Crippen molar-refractivity contribution >= 4 is 5.97 Å². The van der Waals surface area contributed by atoms with Gasteiger partial charge in [-0.3, -0.25) is 0 Å². The molecule has 0 heterocycles. The van der Waals surface area contributed by atoms with Crippen LogP contribution in [0.3, 0.4) is 0 Å². The molecule has 0 spiro atoms. The lowest BCUT2D eigenvalue weighted by atomic mass is 9.87. The van der Waals surface area contributed by atoms with E-state index in [1.807, 2.05) is 6.08 Å². The van der Waals surface area contributed by atoms with Crippen LogP contribution >= 0.6 is 0 Å². The molecule has 23 heavy (non-hydrogen) atoms. The van der Waals surface area contributed by atoms with Crippen LogP contribution in [0, 0.1) is 17.8 Å². The molecular weight excluding hydrogens is 284 g/mol. The van der Waals surface area contributed by atoms with Crippen molar-refractivity contribution in [2.24, 2.45) is 17.8 Å². The van der Waals surface area contributed by atoms with Gasteiger partial charge in [-0.15, -0.1) is 0 Å². The molecule has 1 aliphatic carbocycles. The molecule has 1 aliphatic rings. The first kappa shape index (κ1) is 20.0. The van der Waals surface area contributed by atoms with E-state index in [-0.39, 0.29) is 0 Å². The molecule has 1 N–H and O–H groups in total. The van der Waals surface area contributed by atoms with Crippen LogP contribution in [0.15, 0.2) is 24.3 Å². The summed E-state index contributed by atoms with van der Waals surface area (Å²) >= 11 is 0. The van der Waals surface area contributed by atoms with Crippen molar-refractivity contribution in [3.05, 3.63) is 24.3 Å². The second-order valence-corrected chi connectivity index (χ2v) is 7.54. The summed E-state index contributed by atoms with van der Waals surface area (Å²) in [6, 6.07) is 0. The predicted octanol–water partition coefficient (Wildman–Crippen LogP) is 6.38. The molecule has 2 nitrogen and oxygen atoms in total. The van der Waals surface area contributed by atoms with Crippen molar-refractivity contribution in [3.63, 3.8) is 0 Å². The molecule has 0 aliphatic heterocycles. The number of carbonyl (C=O) groups is 1. The van der Waals surface area contributed by atoms with E-state index in [2.05, 4.69) is 19.9 Å². The minimum Gasteiger partial charge on any atom is -0.478 e. The first-order valence-electron chi connectivity index (χ1n) is 9.65. The summed E-state index contributed by atoms with van der Waals surface area (Å²) in [5.74, 6) is 1.83. The summed E-state index contributed by atoms with van der Waals surface area (Å²) in [5.41, 5.74) is 0. The SMILES string of the molecule is CC(C)CCCCCC[C@H]1CCC[C@@H]1CCC=C/C=C/C(=O)O. The Hall–Kier alpha value is -1.05. The van der Waals surface area contributed by atoms with Crippen molar-refractivity contribution in [1.29, 1.82) is 0 Å². The number of aliphatic carboxylic acids is 1. The van der Waals surface area contributed by atoms with Crippen molar-refractivity contribution in [2.45, 2.75) is 84.5 Å². The zero-order valence-corrected chi connectivity index (χ0v) is 15.2. The molecule has 1 rings (SSSR count). The van der Waals surface area contributed by atoms with Gasteiger partial charge in [0.1, 0.15) is 0 Å². The summed E-state index contributed by atoms with van der Waals surface area (Å²) < 4.78 is 0. The Morgan fingerprint density at radius 1 is 1.04 bits per heavy atom. The van der Waals surface area contributed by atoms with E-state index in [4.69, 9.17) is 5.11 Å². The largest absolute Gasteiger partial charge is 0.478 e. The summed E-state index contributed by atoms with van der Waals surface area (Å²) in [4.78, 5) is 10.4. The lowest BCUT2D eigenvalue weighted by Gasteiger charge is -2.18. The average molecular weight is 321 g/mol. The van der Waals surface area contributed by atoms with Crippen LogP contribution in [0.1, 0.15) is 84.5 Å². The van der Waals surface area contributed by atoms with Crippen LogP contribution in [0.25, 0.3) is 0 Å². The second-order valence-electron chi connectivity index (χ2n) is 7.54. The van der Waals surface area contributed by atoms with Crippen LogP contribution in [0.2, 0.25) is 0 Å². The highest BCUT2D eigenvalue weighted by Crippen LogP contribution is 2.38. The van der Waals surface area contributed by atoms with Crippen molar-refractivity contribution < 1.29 is 9.90 Å². The van der Waals surface area contributed by atoms with Gasteiger partial charge >= 0.3 is 5.97 Å². The van der Waals surface area contributed by atoms with E-state index in [0.717, 1.165) is 24.2 Å². The first-order chi connectivity index (χ1) is 11.1.